The van der Waals surface area contributed by atoms with Crippen LogP contribution in [0.5, 0.6) is 0 Å². The SMILES string of the molecule is O=C(CCC(=O)Nc1ccc(Cl)cc1Cl)NNC(=O)CCc1ccccc1. The van der Waals surface area contributed by atoms with E-state index in [1.54, 1.807) is 12.1 Å². The van der Waals surface area contributed by atoms with Gasteiger partial charge in [-0.3, -0.25) is 25.2 Å². The third-order valence-corrected chi connectivity index (χ3v) is 4.16. The van der Waals surface area contributed by atoms with E-state index < -0.39 is 5.91 Å². The average molecular weight is 408 g/mol. The first kappa shape index (κ1) is 20.7. The fourth-order valence-electron chi connectivity index (χ4n) is 2.20. The molecule has 3 amide bonds. The molecule has 0 aliphatic heterocycles. The van der Waals surface area contributed by atoms with Crippen LogP contribution in [0.3, 0.4) is 0 Å². The molecule has 0 aliphatic carbocycles. The summed E-state index contributed by atoms with van der Waals surface area (Å²) < 4.78 is 0. The quantitative estimate of drug-likeness (QED) is 0.613. The molecule has 27 heavy (non-hydrogen) atoms. The van der Waals surface area contributed by atoms with Gasteiger partial charge in [-0.05, 0) is 30.2 Å². The summed E-state index contributed by atoms with van der Waals surface area (Å²) in [6.45, 7) is 0. The Labute approximate surface area is 167 Å². The van der Waals surface area contributed by atoms with Crippen LogP contribution >= 0.6 is 23.2 Å². The summed E-state index contributed by atoms with van der Waals surface area (Å²) in [5, 5.41) is 3.37. The fourth-order valence-corrected chi connectivity index (χ4v) is 2.65. The largest absolute Gasteiger partial charge is 0.325 e. The maximum absolute atomic E-state index is 11.9. The van der Waals surface area contributed by atoms with E-state index in [1.165, 1.54) is 6.07 Å². The predicted molar refractivity (Wildman–Crippen MR) is 105 cm³/mol. The van der Waals surface area contributed by atoms with Gasteiger partial charge in [-0.15, -0.1) is 0 Å². The molecule has 0 bridgehead atoms. The first-order chi connectivity index (χ1) is 12.9. The molecule has 0 saturated carbocycles. The summed E-state index contributed by atoms with van der Waals surface area (Å²) in [4.78, 5) is 35.4. The number of hydrogen-bond acceptors (Lipinski definition) is 3. The number of rotatable bonds is 7. The predicted octanol–water partition coefficient (Wildman–Crippen LogP) is 3.49. The number of anilines is 1. The highest BCUT2D eigenvalue weighted by atomic mass is 35.5. The van der Waals surface area contributed by atoms with Crippen molar-refractivity contribution in [2.75, 3.05) is 5.32 Å². The summed E-state index contributed by atoms with van der Waals surface area (Å²) in [5.41, 5.74) is 6.09. The van der Waals surface area contributed by atoms with E-state index >= 15 is 0 Å². The van der Waals surface area contributed by atoms with Gasteiger partial charge in [0, 0.05) is 24.3 Å². The summed E-state index contributed by atoms with van der Waals surface area (Å²) in [6.07, 6.45) is 0.702. The molecule has 0 fully saturated rings. The molecule has 8 heteroatoms. The Balaban J connectivity index is 1.65. The third kappa shape index (κ3) is 7.68. The zero-order valence-corrected chi connectivity index (χ0v) is 15.9. The third-order valence-electron chi connectivity index (χ3n) is 3.61. The normalized spacial score (nSPS) is 10.1. The number of carbonyl (C=O) groups excluding carboxylic acids is 3. The maximum atomic E-state index is 11.9. The highest BCUT2D eigenvalue weighted by Gasteiger charge is 2.10. The molecule has 6 nitrogen and oxygen atoms in total. The van der Waals surface area contributed by atoms with Crippen molar-refractivity contribution in [2.24, 2.45) is 0 Å². The van der Waals surface area contributed by atoms with Crippen molar-refractivity contribution in [3.8, 4) is 0 Å². The lowest BCUT2D eigenvalue weighted by Crippen LogP contribution is -2.41. The van der Waals surface area contributed by atoms with Crippen LogP contribution in [0, 0.1) is 0 Å². The van der Waals surface area contributed by atoms with E-state index in [0.29, 0.717) is 22.2 Å². The van der Waals surface area contributed by atoms with Crippen molar-refractivity contribution in [3.05, 3.63) is 64.1 Å². The zero-order valence-electron chi connectivity index (χ0n) is 14.4. The van der Waals surface area contributed by atoms with E-state index in [-0.39, 0.29) is 31.1 Å². The number of carbonyl (C=O) groups is 3. The van der Waals surface area contributed by atoms with Crippen LogP contribution in [-0.2, 0) is 20.8 Å². The standard InChI is InChI=1S/C19H19Cl2N3O3/c20-14-7-8-16(15(21)12-14)22-17(25)10-11-19(27)24-23-18(26)9-6-13-4-2-1-3-5-13/h1-5,7-8,12H,6,9-11H2,(H,22,25)(H,23,26)(H,24,27). The monoisotopic (exact) mass is 407 g/mol. The van der Waals surface area contributed by atoms with Crippen LogP contribution < -0.4 is 16.2 Å². The van der Waals surface area contributed by atoms with Gasteiger partial charge in [-0.25, -0.2) is 0 Å². The molecule has 0 radical (unpaired) electrons. The number of hydrogen-bond donors (Lipinski definition) is 3. The molecule has 0 saturated heterocycles. The summed E-state index contributed by atoms with van der Waals surface area (Å²) in [5.74, 6) is -1.13. The average Bonchev–Trinajstić information content (AvgIpc) is 2.66. The van der Waals surface area contributed by atoms with Gasteiger partial charge in [0.15, 0.2) is 0 Å². The number of hydrazine groups is 1. The number of aryl methyl sites for hydroxylation is 1. The minimum absolute atomic E-state index is 0.0509. The lowest BCUT2D eigenvalue weighted by molar-refractivity contribution is -0.129. The Morgan fingerprint density at radius 1 is 0.778 bits per heavy atom. The van der Waals surface area contributed by atoms with Gasteiger partial charge >= 0.3 is 0 Å². The molecule has 0 unspecified atom stereocenters. The first-order valence-corrected chi connectivity index (χ1v) is 9.06. The molecule has 0 spiro atoms. The van der Waals surface area contributed by atoms with Crippen LogP contribution in [-0.4, -0.2) is 17.7 Å². The van der Waals surface area contributed by atoms with Gasteiger partial charge in [0.25, 0.3) is 0 Å². The van der Waals surface area contributed by atoms with E-state index in [1.807, 2.05) is 30.3 Å². The molecule has 0 aromatic heterocycles. The van der Waals surface area contributed by atoms with Gasteiger partial charge in [-0.1, -0.05) is 53.5 Å². The molecule has 2 rings (SSSR count). The Morgan fingerprint density at radius 3 is 2.07 bits per heavy atom. The molecular formula is C19H19Cl2N3O3. The lowest BCUT2D eigenvalue weighted by Gasteiger charge is -2.09. The van der Waals surface area contributed by atoms with Gasteiger partial charge in [0.05, 0.1) is 10.7 Å². The van der Waals surface area contributed by atoms with Crippen molar-refractivity contribution in [3.63, 3.8) is 0 Å². The Kier molecular flexibility index (Phi) is 8.10. The maximum Gasteiger partial charge on any atom is 0.238 e. The van der Waals surface area contributed by atoms with Crippen LogP contribution in [0.15, 0.2) is 48.5 Å². The van der Waals surface area contributed by atoms with Crippen molar-refractivity contribution < 1.29 is 14.4 Å². The highest BCUT2D eigenvalue weighted by molar-refractivity contribution is 6.36. The second kappa shape index (κ2) is 10.5. The number of halogens is 2. The van der Waals surface area contributed by atoms with Crippen molar-refractivity contribution in [1.29, 1.82) is 0 Å². The molecule has 3 N–H and O–H groups in total. The van der Waals surface area contributed by atoms with Crippen LogP contribution in [0.4, 0.5) is 5.69 Å². The molecule has 0 atom stereocenters. The Bertz CT molecular complexity index is 813. The van der Waals surface area contributed by atoms with Crippen LogP contribution in [0.25, 0.3) is 0 Å². The molecule has 0 aliphatic rings. The number of benzene rings is 2. The zero-order chi connectivity index (χ0) is 19.6. The van der Waals surface area contributed by atoms with Gasteiger partial charge in [-0.2, -0.15) is 0 Å². The van der Waals surface area contributed by atoms with E-state index in [4.69, 9.17) is 23.2 Å². The molecule has 142 valence electrons. The second-order valence-electron chi connectivity index (χ2n) is 5.75. The second-order valence-corrected chi connectivity index (χ2v) is 6.60. The molecule has 2 aromatic rings. The van der Waals surface area contributed by atoms with Gasteiger partial charge in [0.1, 0.15) is 0 Å². The van der Waals surface area contributed by atoms with Crippen molar-refractivity contribution in [2.45, 2.75) is 25.7 Å². The smallest absolute Gasteiger partial charge is 0.238 e. The minimum atomic E-state index is -0.458. The van der Waals surface area contributed by atoms with Crippen LogP contribution in [0.2, 0.25) is 10.0 Å². The fraction of sp³-hybridized carbons (Fsp3) is 0.211. The van der Waals surface area contributed by atoms with Crippen LogP contribution in [0.1, 0.15) is 24.8 Å². The molecule has 0 heterocycles. The van der Waals surface area contributed by atoms with Gasteiger partial charge < -0.3 is 5.32 Å². The minimum Gasteiger partial charge on any atom is -0.325 e. The van der Waals surface area contributed by atoms with E-state index in [9.17, 15) is 14.4 Å². The van der Waals surface area contributed by atoms with Gasteiger partial charge in [0.2, 0.25) is 17.7 Å². The topological polar surface area (TPSA) is 87.3 Å². The lowest BCUT2D eigenvalue weighted by atomic mass is 10.1. The number of amides is 3. The molecule has 2 aromatic carbocycles. The Morgan fingerprint density at radius 2 is 1.41 bits per heavy atom. The van der Waals surface area contributed by atoms with E-state index in [0.717, 1.165) is 5.56 Å². The summed E-state index contributed by atoms with van der Waals surface area (Å²) >= 11 is 11.8. The van der Waals surface area contributed by atoms with E-state index in [2.05, 4.69) is 16.2 Å². The summed E-state index contributed by atoms with van der Waals surface area (Å²) in [6, 6.07) is 14.2. The summed E-state index contributed by atoms with van der Waals surface area (Å²) in [7, 11) is 0. The first-order valence-electron chi connectivity index (χ1n) is 8.30. The Hall–Kier alpha value is -2.57. The van der Waals surface area contributed by atoms with Crippen molar-refractivity contribution in [1.82, 2.24) is 10.9 Å². The molecular weight excluding hydrogens is 389 g/mol. The highest BCUT2D eigenvalue weighted by Crippen LogP contribution is 2.25. The van der Waals surface area contributed by atoms with Crippen molar-refractivity contribution >= 4 is 46.6 Å². The number of nitrogens with one attached hydrogen (secondary N) is 3.